The molecule has 1 fully saturated rings. The fourth-order valence-electron chi connectivity index (χ4n) is 2.22. The molecule has 21 heavy (non-hydrogen) atoms. The van der Waals surface area contributed by atoms with Crippen LogP contribution in [0.25, 0.3) is 11.4 Å². The van der Waals surface area contributed by atoms with Crippen molar-refractivity contribution in [3.63, 3.8) is 0 Å². The molecule has 2 aromatic rings. The van der Waals surface area contributed by atoms with E-state index < -0.39 is 0 Å². The van der Waals surface area contributed by atoms with Gasteiger partial charge in [-0.3, -0.25) is 0 Å². The van der Waals surface area contributed by atoms with Crippen LogP contribution in [0.4, 0.5) is 5.82 Å². The van der Waals surface area contributed by atoms with E-state index in [0.717, 1.165) is 21.5 Å². The van der Waals surface area contributed by atoms with Gasteiger partial charge in [0.25, 0.3) is 0 Å². The van der Waals surface area contributed by atoms with E-state index in [4.69, 9.17) is 15.5 Å². The molecule has 1 aromatic carbocycles. The van der Waals surface area contributed by atoms with E-state index in [0.29, 0.717) is 17.6 Å². The van der Waals surface area contributed by atoms with Crippen LogP contribution in [0.2, 0.25) is 0 Å². The molecular formula is C16H18BrN3O. The molecule has 0 aliphatic heterocycles. The molecule has 5 heteroatoms. The van der Waals surface area contributed by atoms with Gasteiger partial charge in [-0.1, -0.05) is 12.1 Å². The van der Waals surface area contributed by atoms with E-state index in [2.05, 4.69) is 20.9 Å². The predicted octanol–water partition coefficient (Wildman–Crippen LogP) is 4.15. The zero-order valence-electron chi connectivity index (χ0n) is 12.1. The monoisotopic (exact) mass is 347 g/mol. The first-order valence-electron chi connectivity index (χ1n) is 7.14. The van der Waals surface area contributed by atoms with Crippen molar-refractivity contribution in [1.29, 1.82) is 0 Å². The van der Waals surface area contributed by atoms with Crippen LogP contribution in [0, 0.1) is 0 Å². The predicted molar refractivity (Wildman–Crippen MR) is 87.3 cm³/mol. The van der Waals surface area contributed by atoms with E-state index in [1.165, 1.54) is 12.8 Å². The number of rotatable bonds is 4. The minimum atomic E-state index is 0.137. The Kier molecular flexibility index (Phi) is 3.85. The van der Waals surface area contributed by atoms with Crippen LogP contribution in [0.5, 0.6) is 5.75 Å². The average Bonchev–Trinajstić information content (AvgIpc) is 3.25. The van der Waals surface area contributed by atoms with Crippen molar-refractivity contribution in [3.8, 4) is 17.1 Å². The molecule has 0 bridgehead atoms. The maximum Gasteiger partial charge on any atom is 0.161 e. The zero-order chi connectivity index (χ0) is 15.0. The summed E-state index contributed by atoms with van der Waals surface area (Å²) in [4.78, 5) is 9.09. The standard InChI is InChI=1S/C16H18BrN3O/c1-9(2)21-12-5-3-4-11(8-12)16-19-14(10-6-7-10)13(17)15(18)20-16/h3-5,8-10H,6-7H2,1-2H3,(H2,18,19,20). The quantitative estimate of drug-likeness (QED) is 0.902. The maximum atomic E-state index is 6.01. The van der Waals surface area contributed by atoms with Crippen LogP contribution in [0.3, 0.4) is 0 Å². The highest BCUT2D eigenvalue weighted by atomic mass is 79.9. The average molecular weight is 348 g/mol. The molecule has 0 spiro atoms. The summed E-state index contributed by atoms with van der Waals surface area (Å²) in [5, 5.41) is 0. The number of hydrogen-bond donors (Lipinski definition) is 1. The van der Waals surface area contributed by atoms with Gasteiger partial charge >= 0.3 is 0 Å². The smallest absolute Gasteiger partial charge is 0.161 e. The number of nitrogens with zero attached hydrogens (tertiary/aromatic N) is 2. The second-order valence-corrected chi connectivity index (χ2v) is 6.39. The van der Waals surface area contributed by atoms with Gasteiger partial charge in [-0.2, -0.15) is 0 Å². The SMILES string of the molecule is CC(C)Oc1cccc(-c2nc(N)c(Br)c(C3CC3)n2)c1. The minimum absolute atomic E-state index is 0.137. The van der Waals surface area contributed by atoms with Gasteiger partial charge in [-0.15, -0.1) is 0 Å². The topological polar surface area (TPSA) is 61.0 Å². The van der Waals surface area contributed by atoms with Crippen LogP contribution >= 0.6 is 15.9 Å². The first-order valence-corrected chi connectivity index (χ1v) is 7.94. The Labute approximate surface area is 132 Å². The number of halogens is 1. The van der Waals surface area contributed by atoms with Crippen LogP contribution in [-0.4, -0.2) is 16.1 Å². The second kappa shape index (κ2) is 5.64. The summed E-state index contributed by atoms with van der Waals surface area (Å²) < 4.78 is 6.56. The van der Waals surface area contributed by atoms with E-state index >= 15 is 0 Å². The van der Waals surface area contributed by atoms with Gasteiger partial charge in [0.1, 0.15) is 11.6 Å². The molecule has 2 N–H and O–H groups in total. The van der Waals surface area contributed by atoms with Crippen LogP contribution in [0.1, 0.15) is 38.3 Å². The van der Waals surface area contributed by atoms with Crippen molar-refractivity contribution in [3.05, 3.63) is 34.4 Å². The first-order chi connectivity index (χ1) is 10.0. The van der Waals surface area contributed by atoms with Gasteiger partial charge in [0.05, 0.1) is 16.3 Å². The fourth-order valence-corrected chi connectivity index (χ4v) is 2.72. The molecule has 0 radical (unpaired) electrons. The lowest BCUT2D eigenvalue weighted by molar-refractivity contribution is 0.242. The van der Waals surface area contributed by atoms with Crippen LogP contribution in [-0.2, 0) is 0 Å². The van der Waals surface area contributed by atoms with E-state index in [1.807, 2.05) is 38.1 Å². The van der Waals surface area contributed by atoms with Gasteiger partial charge in [0.2, 0.25) is 0 Å². The Morgan fingerprint density at radius 3 is 2.71 bits per heavy atom. The highest BCUT2D eigenvalue weighted by molar-refractivity contribution is 9.10. The summed E-state index contributed by atoms with van der Waals surface area (Å²) in [5.41, 5.74) is 7.96. The number of ether oxygens (including phenoxy) is 1. The molecule has 0 saturated heterocycles. The van der Waals surface area contributed by atoms with E-state index in [1.54, 1.807) is 0 Å². The lowest BCUT2D eigenvalue weighted by Crippen LogP contribution is -2.06. The summed E-state index contributed by atoms with van der Waals surface area (Å²) in [5.74, 6) is 2.49. The van der Waals surface area contributed by atoms with Crippen molar-refractivity contribution in [2.24, 2.45) is 0 Å². The number of benzene rings is 1. The third-order valence-electron chi connectivity index (χ3n) is 3.33. The summed E-state index contributed by atoms with van der Waals surface area (Å²) >= 11 is 3.50. The molecule has 1 aliphatic rings. The fraction of sp³-hybridized carbons (Fsp3) is 0.375. The third kappa shape index (κ3) is 3.18. The van der Waals surface area contributed by atoms with Crippen molar-refractivity contribution < 1.29 is 4.74 Å². The van der Waals surface area contributed by atoms with Gasteiger partial charge in [0, 0.05) is 11.5 Å². The Morgan fingerprint density at radius 1 is 1.29 bits per heavy atom. The summed E-state index contributed by atoms with van der Waals surface area (Å²) in [6.45, 7) is 4.01. The highest BCUT2D eigenvalue weighted by Gasteiger charge is 2.29. The first kappa shape index (κ1) is 14.3. The Bertz CT molecular complexity index is 669. The minimum Gasteiger partial charge on any atom is -0.491 e. The molecule has 1 heterocycles. The molecule has 0 unspecified atom stereocenters. The van der Waals surface area contributed by atoms with E-state index in [9.17, 15) is 0 Å². The zero-order valence-corrected chi connectivity index (χ0v) is 13.7. The summed E-state index contributed by atoms with van der Waals surface area (Å²) in [6.07, 6.45) is 2.48. The number of nitrogens with two attached hydrogens (primary N) is 1. The molecule has 4 nitrogen and oxygen atoms in total. The van der Waals surface area contributed by atoms with Gasteiger partial charge in [0.15, 0.2) is 5.82 Å². The van der Waals surface area contributed by atoms with Gasteiger partial charge in [-0.25, -0.2) is 9.97 Å². The number of anilines is 1. The molecule has 1 aliphatic carbocycles. The Morgan fingerprint density at radius 2 is 2.05 bits per heavy atom. The van der Waals surface area contributed by atoms with Crippen molar-refractivity contribution in [1.82, 2.24) is 9.97 Å². The molecule has 0 amide bonds. The lowest BCUT2D eigenvalue weighted by Gasteiger charge is -2.12. The normalized spacial score (nSPS) is 14.5. The number of aromatic nitrogens is 2. The lowest BCUT2D eigenvalue weighted by atomic mass is 10.2. The van der Waals surface area contributed by atoms with E-state index in [-0.39, 0.29) is 6.10 Å². The molecule has 110 valence electrons. The maximum absolute atomic E-state index is 6.01. The van der Waals surface area contributed by atoms with Crippen molar-refractivity contribution >= 4 is 21.7 Å². The van der Waals surface area contributed by atoms with Crippen molar-refractivity contribution in [2.45, 2.75) is 38.7 Å². The van der Waals surface area contributed by atoms with Crippen LogP contribution in [0.15, 0.2) is 28.7 Å². The number of hydrogen-bond acceptors (Lipinski definition) is 4. The summed E-state index contributed by atoms with van der Waals surface area (Å²) in [7, 11) is 0. The Balaban J connectivity index is 2.00. The molecule has 1 saturated carbocycles. The Hall–Kier alpha value is -1.62. The molecule has 1 aromatic heterocycles. The van der Waals surface area contributed by atoms with Crippen LogP contribution < -0.4 is 10.5 Å². The molecule has 0 atom stereocenters. The molecule has 3 rings (SSSR count). The number of nitrogen functional groups attached to an aromatic ring is 1. The molecular weight excluding hydrogens is 330 g/mol. The largest absolute Gasteiger partial charge is 0.491 e. The van der Waals surface area contributed by atoms with Gasteiger partial charge < -0.3 is 10.5 Å². The summed E-state index contributed by atoms with van der Waals surface area (Å²) in [6, 6.07) is 7.82. The van der Waals surface area contributed by atoms with Crippen molar-refractivity contribution in [2.75, 3.05) is 5.73 Å². The third-order valence-corrected chi connectivity index (χ3v) is 4.14. The highest BCUT2D eigenvalue weighted by Crippen LogP contribution is 2.44. The second-order valence-electron chi connectivity index (χ2n) is 5.60. The van der Waals surface area contributed by atoms with Gasteiger partial charge in [-0.05, 0) is 54.8 Å².